The van der Waals surface area contributed by atoms with Crippen LogP contribution in [0.25, 0.3) is 0 Å². The van der Waals surface area contributed by atoms with Gasteiger partial charge in [-0.3, -0.25) is 0 Å². The summed E-state index contributed by atoms with van der Waals surface area (Å²) in [5, 5.41) is 13.4. The first-order valence-electron chi connectivity index (χ1n) is 6.50. The summed E-state index contributed by atoms with van der Waals surface area (Å²) in [4.78, 5) is 0. The molecule has 4 heteroatoms. The summed E-state index contributed by atoms with van der Waals surface area (Å²) in [6, 6.07) is 3.78. The van der Waals surface area contributed by atoms with Gasteiger partial charge in [0, 0.05) is 6.54 Å². The Hall–Kier alpha value is -1.42. The molecule has 18 heavy (non-hydrogen) atoms. The predicted octanol–water partition coefficient (Wildman–Crippen LogP) is 2.27. The van der Waals surface area contributed by atoms with E-state index in [4.69, 9.17) is 9.47 Å². The van der Waals surface area contributed by atoms with E-state index in [0.29, 0.717) is 24.0 Å². The molecule has 1 aromatic rings. The molecule has 100 valence electrons. The standard InChI is InChI=1S/C14H21NO3/c1-3-18-13-8-11(7-12(16)14(13)17-2)10-5-4-6-15-9-10/h7-8,10,15-16H,3-6,9H2,1-2H3. The van der Waals surface area contributed by atoms with E-state index in [9.17, 15) is 5.11 Å². The van der Waals surface area contributed by atoms with E-state index in [1.807, 2.05) is 13.0 Å². The lowest BCUT2D eigenvalue weighted by Gasteiger charge is -2.24. The van der Waals surface area contributed by atoms with E-state index in [1.54, 1.807) is 13.2 Å². The second-order valence-electron chi connectivity index (χ2n) is 4.55. The van der Waals surface area contributed by atoms with Crippen molar-refractivity contribution in [1.82, 2.24) is 5.32 Å². The van der Waals surface area contributed by atoms with Crippen LogP contribution in [0.2, 0.25) is 0 Å². The van der Waals surface area contributed by atoms with Crippen LogP contribution in [-0.4, -0.2) is 31.9 Å². The van der Waals surface area contributed by atoms with E-state index in [-0.39, 0.29) is 5.75 Å². The number of phenols is 1. The first-order chi connectivity index (χ1) is 8.76. The van der Waals surface area contributed by atoms with Crippen molar-refractivity contribution < 1.29 is 14.6 Å². The van der Waals surface area contributed by atoms with E-state index in [1.165, 1.54) is 6.42 Å². The van der Waals surface area contributed by atoms with Crippen LogP contribution in [0, 0.1) is 0 Å². The molecule has 1 heterocycles. The lowest BCUT2D eigenvalue weighted by Crippen LogP contribution is -2.28. The third-order valence-electron chi connectivity index (χ3n) is 3.33. The van der Waals surface area contributed by atoms with Gasteiger partial charge in [0.1, 0.15) is 0 Å². The summed E-state index contributed by atoms with van der Waals surface area (Å²) >= 11 is 0. The van der Waals surface area contributed by atoms with Crippen LogP contribution in [0.15, 0.2) is 12.1 Å². The second kappa shape index (κ2) is 5.96. The van der Waals surface area contributed by atoms with Gasteiger partial charge in [-0.05, 0) is 49.9 Å². The number of piperidine rings is 1. The highest BCUT2D eigenvalue weighted by atomic mass is 16.5. The molecule has 1 fully saturated rings. The second-order valence-corrected chi connectivity index (χ2v) is 4.55. The van der Waals surface area contributed by atoms with Gasteiger partial charge >= 0.3 is 0 Å². The Morgan fingerprint density at radius 1 is 1.44 bits per heavy atom. The Morgan fingerprint density at radius 3 is 2.89 bits per heavy atom. The average molecular weight is 251 g/mol. The molecule has 1 saturated heterocycles. The van der Waals surface area contributed by atoms with Gasteiger partial charge in [-0.1, -0.05) is 0 Å². The van der Waals surface area contributed by atoms with Crippen LogP contribution in [0.5, 0.6) is 17.2 Å². The van der Waals surface area contributed by atoms with Crippen LogP contribution in [0.4, 0.5) is 0 Å². The number of nitrogens with one attached hydrogen (secondary N) is 1. The molecule has 0 aliphatic carbocycles. The van der Waals surface area contributed by atoms with Crippen LogP contribution < -0.4 is 14.8 Å². The zero-order valence-electron chi connectivity index (χ0n) is 11.0. The van der Waals surface area contributed by atoms with Crippen molar-refractivity contribution in [3.63, 3.8) is 0 Å². The molecule has 1 aliphatic rings. The summed E-state index contributed by atoms with van der Waals surface area (Å²) in [7, 11) is 1.54. The van der Waals surface area contributed by atoms with Crippen molar-refractivity contribution in [3.05, 3.63) is 17.7 Å². The Labute approximate surface area is 108 Å². The van der Waals surface area contributed by atoms with Crippen molar-refractivity contribution in [1.29, 1.82) is 0 Å². The molecule has 0 bridgehead atoms. The van der Waals surface area contributed by atoms with Gasteiger partial charge in [-0.15, -0.1) is 0 Å². The fourth-order valence-corrected chi connectivity index (χ4v) is 2.45. The first kappa shape index (κ1) is 13.0. The van der Waals surface area contributed by atoms with Crippen molar-refractivity contribution in [2.24, 2.45) is 0 Å². The molecule has 0 saturated carbocycles. The Balaban J connectivity index is 2.30. The molecule has 1 atom stereocenters. The quantitative estimate of drug-likeness (QED) is 0.862. The summed E-state index contributed by atoms with van der Waals surface area (Å²) in [6.45, 7) is 4.52. The summed E-state index contributed by atoms with van der Waals surface area (Å²) in [6.07, 6.45) is 2.31. The number of hydrogen-bond donors (Lipinski definition) is 2. The molecular formula is C14H21NO3. The number of phenolic OH excluding ortho intramolecular Hbond substituents is 1. The normalized spacial score (nSPS) is 19.6. The SMILES string of the molecule is CCOc1cc(C2CCCNC2)cc(O)c1OC. The molecule has 1 aromatic carbocycles. The highest BCUT2D eigenvalue weighted by Crippen LogP contribution is 2.40. The number of rotatable bonds is 4. The number of ether oxygens (including phenoxy) is 2. The van der Waals surface area contributed by atoms with Gasteiger partial charge < -0.3 is 19.9 Å². The average Bonchev–Trinajstić information content (AvgIpc) is 2.40. The summed E-state index contributed by atoms with van der Waals surface area (Å²) in [5.74, 6) is 1.64. The molecule has 0 aromatic heterocycles. The monoisotopic (exact) mass is 251 g/mol. The predicted molar refractivity (Wildman–Crippen MR) is 70.7 cm³/mol. The van der Waals surface area contributed by atoms with Crippen molar-refractivity contribution in [2.45, 2.75) is 25.7 Å². The van der Waals surface area contributed by atoms with E-state index in [0.717, 1.165) is 25.1 Å². The van der Waals surface area contributed by atoms with Crippen LogP contribution in [0.3, 0.4) is 0 Å². The Bertz CT molecular complexity index is 400. The maximum absolute atomic E-state index is 10.0. The first-order valence-corrected chi connectivity index (χ1v) is 6.50. The Kier molecular flexibility index (Phi) is 4.31. The molecule has 2 rings (SSSR count). The molecule has 2 N–H and O–H groups in total. The van der Waals surface area contributed by atoms with Crippen LogP contribution >= 0.6 is 0 Å². The molecule has 4 nitrogen and oxygen atoms in total. The van der Waals surface area contributed by atoms with Gasteiger partial charge in [0.05, 0.1) is 13.7 Å². The molecule has 1 unspecified atom stereocenters. The molecule has 0 amide bonds. The number of hydrogen-bond acceptors (Lipinski definition) is 4. The molecule has 1 aliphatic heterocycles. The van der Waals surface area contributed by atoms with Gasteiger partial charge in [0.2, 0.25) is 5.75 Å². The minimum absolute atomic E-state index is 0.157. The van der Waals surface area contributed by atoms with Crippen molar-refractivity contribution in [3.8, 4) is 17.2 Å². The molecular weight excluding hydrogens is 230 g/mol. The maximum Gasteiger partial charge on any atom is 0.203 e. The fraction of sp³-hybridized carbons (Fsp3) is 0.571. The molecule has 0 spiro atoms. The van der Waals surface area contributed by atoms with E-state index >= 15 is 0 Å². The highest BCUT2D eigenvalue weighted by molar-refractivity contribution is 5.53. The maximum atomic E-state index is 10.0. The van der Waals surface area contributed by atoms with Crippen LogP contribution in [0.1, 0.15) is 31.2 Å². The van der Waals surface area contributed by atoms with Gasteiger partial charge in [-0.25, -0.2) is 0 Å². The third kappa shape index (κ3) is 2.70. The van der Waals surface area contributed by atoms with Gasteiger partial charge in [0.25, 0.3) is 0 Å². The number of aromatic hydroxyl groups is 1. The zero-order chi connectivity index (χ0) is 13.0. The van der Waals surface area contributed by atoms with E-state index < -0.39 is 0 Å². The number of methoxy groups -OCH3 is 1. The van der Waals surface area contributed by atoms with Crippen molar-refractivity contribution >= 4 is 0 Å². The van der Waals surface area contributed by atoms with Gasteiger partial charge in [-0.2, -0.15) is 0 Å². The zero-order valence-corrected chi connectivity index (χ0v) is 11.0. The lowest BCUT2D eigenvalue weighted by molar-refractivity contribution is 0.299. The minimum Gasteiger partial charge on any atom is -0.504 e. The van der Waals surface area contributed by atoms with Crippen LogP contribution in [-0.2, 0) is 0 Å². The summed E-state index contributed by atoms with van der Waals surface area (Å²) in [5.41, 5.74) is 1.11. The third-order valence-corrected chi connectivity index (χ3v) is 3.33. The van der Waals surface area contributed by atoms with Gasteiger partial charge in [0.15, 0.2) is 11.5 Å². The Morgan fingerprint density at radius 2 is 2.28 bits per heavy atom. The fourth-order valence-electron chi connectivity index (χ4n) is 2.45. The number of benzene rings is 1. The van der Waals surface area contributed by atoms with E-state index in [2.05, 4.69) is 5.32 Å². The topological polar surface area (TPSA) is 50.7 Å². The minimum atomic E-state index is 0.157. The largest absolute Gasteiger partial charge is 0.504 e. The summed E-state index contributed by atoms with van der Waals surface area (Å²) < 4.78 is 10.7. The smallest absolute Gasteiger partial charge is 0.203 e. The lowest BCUT2D eigenvalue weighted by atomic mass is 9.91. The molecule has 0 radical (unpaired) electrons. The van der Waals surface area contributed by atoms with Crippen molar-refractivity contribution in [2.75, 3.05) is 26.8 Å². The highest BCUT2D eigenvalue weighted by Gasteiger charge is 2.19.